The maximum atomic E-state index is 9.75. The van der Waals surface area contributed by atoms with E-state index in [-0.39, 0.29) is 6.10 Å². The van der Waals surface area contributed by atoms with Crippen LogP contribution in [0.15, 0.2) is 0 Å². The highest BCUT2D eigenvalue weighted by Gasteiger charge is 2.23. The third-order valence-electron chi connectivity index (χ3n) is 2.71. The van der Waals surface area contributed by atoms with Gasteiger partial charge in [-0.05, 0) is 26.2 Å². The van der Waals surface area contributed by atoms with E-state index in [2.05, 4.69) is 16.8 Å². The molecule has 0 aliphatic heterocycles. The normalized spacial score (nSPS) is 20.6. The van der Waals surface area contributed by atoms with Crippen molar-refractivity contribution >= 4 is 16.5 Å². The summed E-state index contributed by atoms with van der Waals surface area (Å²) >= 11 is 1.73. The van der Waals surface area contributed by atoms with Crippen LogP contribution in [0.4, 0.5) is 5.13 Å². The number of aryl methyl sites for hydroxylation is 1. The lowest BCUT2D eigenvalue weighted by Gasteiger charge is -2.14. The molecule has 1 aliphatic carbocycles. The van der Waals surface area contributed by atoms with E-state index in [0.717, 1.165) is 36.6 Å². The van der Waals surface area contributed by atoms with Crippen molar-refractivity contribution in [3.05, 3.63) is 10.6 Å². The fourth-order valence-electron chi connectivity index (χ4n) is 1.68. The van der Waals surface area contributed by atoms with Crippen molar-refractivity contribution in [1.29, 1.82) is 0 Å². The van der Waals surface area contributed by atoms with Crippen molar-refractivity contribution in [2.24, 2.45) is 0 Å². The Balaban J connectivity index is 2.30. The highest BCUT2D eigenvalue weighted by atomic mass is 32.1. The number of rotatable bonds is 2. The van der Waals surface area contributed by atoms with E-state index in [4.69, 9.17) is 0 Å². The van der Waals surface area contributed by atoms with Crippen molar-refractivity contribution in [3.8, 4) is 0 Å². The summed E-state index contributed by atoms with van der Waals surface area (Å²) in [5.41, 5.74) is 0.927. The van der Waals surface area contributed by atoms with Gasteiger partial charge in [0, 0.05) is 18.5 Å². The van der Waals surface area contributed by atoms with E-state index < -0.39 is 0 Å². The Labute approximate surface area is 88.4 Å². The zero-order valence-corrected chi connectivity index (χ0v) is 9.47. The number of aliphatic hydroxyl groups is 1. The lowest BCUT2D eigenvalue weighted by atomic mass is 10.0. The fraction of sp³-hybridized carbons (Fsp3) is 0.700. The second-order valence-corrected chi connectivity index (χ2v) is 4.79. The van der Waals surface area contributed by atoms with Crippen LogP contribution in [-0.2, 0) is 6.42 Å². The molecule has 1 atom stereocenters. The summed E-state index contributed by atoms with van der Waals surface area (Å²) in [6.45, 7) is 3.07. The molecule has 1 aliphatic rings. The van der Waals surface area contributed by atoms with Crippen LogP contribution in [0.2, 0.25) is 0 Å². The topological polar surface area (TPSA) is 36.4 Å². The number of anilines is 1. The number of fused-ring (bicyclic) bond motifs is 1. The van der Waals surface area contributed by atoms with E-state index >= 15 is 0 Å². The molecule has 1 aromatic rings. The predicted octanol–water partition coefficient (Wildman–Crippen LogP) is 1.97. The third-order valence-corrected chi connectivity index (χ3v) is 3.96. The Kier molecular flexibility index (Phi) is 2.74. The average Bonchev–Trinajstić information content (AvgIpc) is 2.62. The van der Waals surface area contributed by atoms with Gasteiger partial charge in [0.2, 0.25) is 0 Å². The lowest BCUT2D eigenvalue weighted by molar-refractivity contribution is 0.153. The van der Waals surface area contributed by atoms with E-state index in [9.17, 15) is 5.11 Å². The zero-order chi connectivity index (χ0) is 10.1. The monoisotopic (exact) mass is 212 g/mol. The molecule has 2 rings (SSSR count). The molecule has 0 fully saturated rings. The van der Waals surface area contributed by atoms with Gasteiger partial charge in [-0.3, -0.25) is 0 Å². The van der Waals surface area contributed by atoms with Crippen LogP contribution in [-0.4, -0.2) is 23.7 Å². The number of thiazole rings is 1. The van der Waals surface area contributed by atoms with Crippen LogP contribution in [0.25, 0.3) is 0 Å². The van der Waals surface area contributed by atoms with Gasteiger partial charge in [-0.25, -0.2) is 4.98 Å². The highest BCUT2D eigenvalue weighted by Crippen LogP contribution is 2.36. The van der Waals surface area contributed by atoms with Crippen molar-refractivity contribution < 1.29 is 5.11 Å². The van der Waals surface area contributed by atoms with Crippen LogP contribution in [0, 0.1) is 0 Å². The van der Waals surface area contributed by atoms with Crippen molar-refractivity contribution in [1.82, 2.24) is 4.98 Å². The van der Waals surface area contributed by atoms with Gasteiger partial charge in [0.05, 0.1) is 11.8 Å². The Morgan fingerprint density at radius 3 is 3.07 bits per heavy atom. The van der Waals surface area contributed by atoms with E-state index in [1.165, 1.54) is 4.88 Å². The molecule has 4 heteroatoms. The molecule has 78 valence electrons. The average molecular weight is 212 g/mol. The van der Waals surface area contributed by atoms with Gasteiger partial charge in [0.25, 0.3) is 0 Å². The minimum Gasteiger partial charge on any atom is -0.387 e. The lowest BCUT2D eigenvalue weighted by Crippen LogP contribution is -2.15. The van der Waals surface area contributed by atoms with Crippen LogP contribution < -0.4 is 4.90 Å². The SMILES string of the molecule is CCN(C)c1nc2c(s1)CCCC2O. The molecule has 1 N–H and O–H groups in total. The molecule has 0 spiro atoms. The molecule has 0 aromatic carbocycles. The molecule has 0 saturated carbocycles. The van der Waals surface area contributed by atoms with Crippen molar-refractivity contribution in [2.75, 3.05) is 18.5 Å². The van der Waals surface area contributed by atoms with Crippen LogP contribution in [0.3, 0.4) is 0 Å². The molecule has 0 saturated heterocycles. The molecule has 0 bridgehead atoms. The zero-order valence-electron chi connectivity index (χ0n) is 8.66. The first-order chi connectivity index (χ1) is 6.72. The number of aliphatic hydroxyl groups excluding tert-OH is 1. The van der Waals surface area contributed by atoms with Gasteiger partial charge < -0.3 is 10.0 Å². The first kappa shape index (κ1) is 9.93. The van der Waals surface area contributed by atoms with Crippen molar-refractivity contribution in [3.63, 3.8) is 0 Å². The van der Waals surface area contributed by atoms with E-state index in [1.54, 1.807) is 11.3 Å². The molecule has 1 aromatic heterocycles. The highest BCUT2D eigenvalue weighted by molar-refractivity contribution is 7.15. The molecule has 1 unspecified atom stereocenters. The predicted molar refractivity (Wildman–Crippen MR) is 59.0 cm³/mol. The minimum atomic E-state index is -0.325. The quantitative estimate of drug-likeness (QED) is 0.814. The van der Waals surface area contributed by atoms with Crippen LogP contribution in [0.1, 0.15) is 36.4 Å². The first-order valence-electron chi connectivity index (χ1n) is 5.11. The van der Waals surface area contributed by atoms with Gasteiger partial charge in [-0.2, -0.15) is 0 Å². The van der Waals surface area contributed by atoms with Gasteiger partial charge >= 0.3 is 0 Å². The third kappa shape index (κ3) is 1.64. The summed E-state index contributed by atoms with van der Waals surface area (Å²) in [6, 6.07) is 0. The van der Waals surface area contributed by atoms with Crippen molar-refractivity contribution in [2.45, 2.75) is 32.3 Å². The molecule has 3 nitrogen and oxygen atoms in total. The maximum absolute atomic E-state index is 9.75. The Morgan fingerprint density at radius 1 is 1.64 bits per heavy atom. The number of nitrogens with zero attached hydrogens (tertiary/aromatic N) is 2. The molecular weight excluding hydrogens is 196 g/mol. The summed E-state index contributed by atoms with van der Waals surface area (Å²) in [5, 5.41) is 10.8. The van der Waals surface area contributed by atoms with Gasteiger partial charge in [-0.1, -0.05) is 0 Å². The minimum absolute atomic E-state index is 0.325. The molecule has 14 heavy (non-hydrogen) atoms. The number of hydrogen-bond acceptors (Lipinski definition) is 4. The largest absolute Gasteiger partial charge is 0.387 e. The number of aromatic nitrogens is 1. The summed E-state index contributed by atoms with van der Waals surface area (Å²) in [5.74, 6) is 0. The second-order valence-electron chi connectivity index (χ2n) is 3.73. The molecule has 0 amide bonds. The van der Waals surface area contributed by atoms with E-state index in [1.807, 2.05) is 7.05 Å². The fourth-order valence-corrected chi connectivity index (χ4v) is 2.86. The second kappa shape index (κ2) is 3.87. The first-order valence-corrected chi connectivity index (χ1v) is 5.92. The number of hydrogen-bond donors (Lipinski definition) is 1. The standard InChI is InChI=1S/C10H16N2OS/c1-3-12(2)10-11-9-7(13)5-4-6-8(9)14-10/h7,13H,3-6H2,1-2H3. The summed E-state index contributed by atoms with van der Waals surface area (Å²) < 4.78 is 0. The van der Waals surface area contributed by atoms with Crippen LogP contribution >= 0.6 is 11.3 Å². The molecule has 1 heterocycles. The van der Waals surface area contributed by atoms with Gasteiger partial charge in [0.15, 0.2) is 5.13 Å². The summed E-state index contributed by atoms with van der Waals surface area (Å²) in [7, 11) is 2.04. The maximum Gasteiger partial charge on any atom is 0.185 e. The van der Waals surface area contributed by atoms with Gasteiger partial charge in [0.1, 0.15) is 0 Å². The Morgan fingerprint density at radius 2 is 2.43 bits per heavy atom. The smallest absolute Gasteiger partial charge is 0.185 e. The summed E-state index contributed by atoms with van der Waals surface area (Å²) in [6.07, 6.45) is 2.72. The van der Waals surface area contributed by atoms with Crippen LogP contribution in [0.5, 0.6) is 0 Å². The van der Waals surface area contributed by atoms with E-state index in [0.29, 0.717) is 0 Å². The van der Waals surface area contributed by atoms with Gasteiger partial charge in [-0.15, -0.1) is 11.3 Å². The summed E-state index contributed by atoms with van der Waals surface area (Å²) in [4.78, 5) is 7.89. The molecule has 0 radical (unpaired) electrons. The molecular formula is C10H16N2OS. The Bertz CT molecular complexity index is 324. The Hall–Kier alpha value is -0.610.